The van der Waals surface area contributed by atoms with Gasteiger partial charge >= 0.3 is 0 Å². The summed E-state index contributed by atoms with van der Waals surface area (Å²) in [5.41, 5.74) is 1.38. The van der Waals surface area contributed by atoms with Crippen LogP contribution in [0.25, 0.3) is 0 Å². The molecule has 1 atom stereocenters. The van der Waals surface area contributed by atoms with Gasteiger partial charge in [0.1, 0.15) is 0 Å². The Kier molecular flexibility index (Phi) is 14.6. The largest absolute Gasteiger partial charge is 0.378 e. The zero-order valence-corrected chi connectivity index (χ0v) is 18.1. The third-order valence-corrected chi connectivity index (χ3v) is 4.72. The standard InChI is InChI=1S/C20H33N3O2.2ClH/c1-17(15-21-2)20(24)22-11-6-14-25-19-9-12-23(13-10-19)16-18-7-4-3-5-8-18;;/h3-5,7-8,17,19,21H,6,9-16H2,1-2H3,(H,22,24);2*1H. The quantitative estimate of drug-likeness (QED) is 0.572. The topological polar surface area (TPSA) is 53.6 Å². The maximum atomic E-state index is 11.8. The van der Waals surface area contributed by atoms with Gasteiger partial charge in [0.2, 0.25) is 5.91 Å². The van der Waals surface area contributed by atoms with Crippen molar-refractivity contribution in [2.75, 3.05) is 39.8 Å². The van der Waals surface area contributed by atoms with Crippen LogP contribution in [0, 0.1) is 5.92 Å². The number of carbonyl (C=O) groups excluding carboxylic acids is 1. The van der Waals surface area contributed by atoms with Crippen LogP contribution in [0.4, 0.5) is 0 Å². The molecule has 1 unspecified atom stereocenters. The van der Waals surface area contributed by atoms with Gasteiger partial charge in [-0.05, 0) is 31.9 Å². The number of carbonyl (C=O) groups is 1. The third-order valence-electron chi connectivity index (χ3n) is 4.72. The lowest BCUT2D eigenvalue weighted by Crippen LogP contribution is -2.37. The lowest BCUT2D eigenvalue weighted by Gasteiger charge is -2.32. The van der Waals surface area contributed by atoms with E-state index in [2.05, 4.69) is 45.9 Å². The van der Waals surface area contributed by atoms with Gasteiger partial charge in [-0.15, -0.1) is 24.8 Å². The number of nitrogens with one attached hydrogen (secondary N) is 2. The van der Waals surface area contributed by atoms with Crippen molar-refractivity contribution in [1.82, 2.24) is 15.5 Å². The van der Waals surface area contributed by atoms with Gasteiger partial charge in [0.15, 0.2) is 0 Å². The minimum atomic E-state index is 0. The molecule has 27 heavy (non-hydrogen) atoms. The highest BCUT2D eigenvalue weighted by atomic mass is 35.5. The molecule has 0 aromatic heterocycles. The zero-order chi connectivity index (χ0) is 17.9. The highest BCUT2D eigenvalue weighted by Gasteiger charge is 2.19. The Hall–Kier alpha value is -0.850. The maximum Gasteiger partial charge on any atom is 0.224 e. The van der Waals surface area contributed by atoms with E-state index in [4.69, 9.17) is 4.74 Å². The lowest BCUT2D eigenvalue weighted by molar-refractivity contribution is -0.124. The summed E-state index contributed by atoms with van der Waals surface area (Å²) in [7, 11) is 1.86. The van der Waals surface area contributed by atoms with E-state index in [1.807, 2.05) is 14.0 Å². The second-order valence-electron chi connectivity index (χ2n) is 6.94. The molecular formula is C20H35Cl2N3O2. The monoisotopic (exact) mass is 419 g/mol. The molecule has 1 heterocycles. The average molecular weight is 420 g/mol. The van der Waals surface area contributed by atoms with E-state index in [0.717, 1.165) is 45.5 Å². The lowest BCUT2D eigenvalue weighted by atomic mass is 10.1. The van der Waals surface area contributed by atoms with E-state index in [1.54, 1.807) is 0 Å². The smallest absolute Gasteiger partial charge is 0.224 e. The van der Waals surface area contributed by atoms with Crippen LogP contribution in [0.15, 0.2) is 30.3 Å². The van der Waals surface area contributed by atoms with Crippen molar-refractivity contribution in [3.63, 3.8) is 0 Å². The summed E-state index contributed by atoms with van der Waals surface area (Å²) >= 11 is 0. The van der Waals surface area contributed by atoms with Crippen molar-refractivity contribution in [2.45, 2.75) is 38.8 Å². The molecule has 156 valence electrons. The van der Waals surface area contributed by atoms with Crippen LogP contribution >= 0.6 is 24.8 Å². The van der Waals surface area contributed by atoms with Crippen LogP contribution < -0.4 is 10.6 Å². The molecule has 0 bridgehead atoms. The van der Waals surface area contributed by atoms with Crippen LogP contribution in [0.2, 0.25) is 0 Å². The molecule has 0 saturated carbocycles. The molecular weight excluding hydrogens is 385 g/mol. The SMILES string of the molecule is CNCC(C)C(=O)NCCCOC1CCN(Cc2ccccc2)CC1.Cl.Cl. The van der Waals surface area contributed by atoms with Crippen LogP contribution in [-0.2, 0) is 16.1 Å². The molecule has 0 spiro atoms. The maximum absolute atomic E-state index is 11.8. The average Bonchev–Trinajstić information content (AvgIpc) is 2.63. The second kappa shape index (κ2) is 15.1. The molecule has 0 aliphatic carbocycles. The number of ether oxygens (including phenoxy) is 1. The van der Waals surface area contributed by atoms with Gasteiger partial charge in [0.25, 0.3) is 0 Å². The Morgan fingerprint density at radius 2 is 1.89 bits per heavy atom. The summed E-state index contributed by atoms with van der Waals surface area (Å²) in [5, 5.41) is 5.99. The molecule has 1 aliphatic rings. The fourth-order valence-electron chi connectivity index (χ4n) is 3.18. The number of nitrogens with zero attached hydrogens (tertiary/aromatic N) is 1. The Balaban J connectivity index is 0.00000338. The fourth-order valence-corrected chi connectivity index (χ4v) is 3.18. The van der Waals surface area contributed by atoms with Gasteiger partial charge in [-0.25, -0.2) is 0 Å². The molecule has 1 saturated heterocycles. The third kappa shape index (κ3) is 10.3. The molecule has 7 heteroatoms. The Labute approximate surface area is 176 Å². The first-order chi connectivity index (χ1) is 12.2. The molecule has 5 nitrogen and oxygen atoms in total. The van der Waals surface area contributed by atoms with E-state index in [1.165, 1.54) is 5.56 Å². The van der Waals surface area contributed by atoms with Gasteiger partial charge in [0, 0.05) is 45.2 Å². The number of amides is 1. The van der Waals surface area contributed by atoms with Gasteiger partial charge in [-0.1, -0.05) is 37.3 Å². The molecule has 1 aliphatic heterocycles. The van der Waals surface area contributed by atoms with E-state index < -0.39 is 0 Å². The summed E-state index contributed by atoms with van der Waals surface area (Å²) in [4.78, 5) is 14.3. The highest BCUT2D eigenvalue weighted by Crippen LogP contribution is 2.16. The van der Waals surface area contributed by atoms with Crippen LogP contribution in [0.1, 0.15) is 31.7 Å². The van der Waals surface area contributed by atoms with E-state index >= 15 is 0 Å². The molecule has 0 radical (unpaired) electrons. The van der Waals surface area contributed by atoms with Crippen LogP contribution in [0.5, 0.6) is 0 Å². The van der Waals surface area contributed by atoms with Crippen molar-refractivity contribution in [2.24, 2.45) is 5.92 Å². The fraction of sp³-hybridized carbons (Fsp3) is 0.650. The molecule has 1 amide bonds. The summed E-state index contributed by atoms with van der Waals surface area (Å²) in [5.74, 6) is 0.128. The van der Waals surface area contributed by atoms with Crippen LogP contribution in [0.3, 0.4) is 0 Å². The Morgan fingerprint density at radius 1 is 1.22 bits per heavy atom. The zero-order valence-electron chi connectivity index (χ0n) is 16.5. The van der Waals surface area contributed by atoms with Gasteiger partial charge in [-0.3, -0.25) is 9.69 Å². The van der Waals surface area contributed by atoms with Crippen molar-refractivity contribution >= 4 is 30.7 Å². The number of hydrogen-bond donors (Lipinski definition) is 2. The first kappa shape index (κ1) is 26.1. The van der Waals surface area contributed by atoms with E-state index in [0.29, 0.717) is 19.2 Å². The molecule has 1 fully saturated rings. The first-order valence-electron chi connectivity index (χ1n) is 9.49. The normalized spacial score (nSPS) is 16.1. The van der Waals surface area contributed by atoms with Crippen molar-refractivity contribution in [3.05, 3.63) is 35.9 Å². The number of hydrogen-bond acceptors (Lipinski definition) is 4. The van der Waals surface area contributed by atoms with Gasteiger partial charge < -0.3 is 15.4 Å². The predicted molar refractivity (Wildman–Crippen MR) is 116 cm³/mol. The molecule has 2 rings (SSSR count). The van der Waals surface area contributed by atoms with Gasteiger partial charge in [-0.2, -0.15) is 0 Å². The van der Waals surface area contributed by atoms with Crippen molar-refractivity contribution < 1.29 is 9.53 Å². The van der Waals surface area contributed by atoms with E-state index in [-0.39, 0.29) is 36.6 Å². The summed E-state index contributed by atoms with van der Waals surface area (Å²) < 4.78 is 5.98. The number of rotatable bonds is 10. The summed E-state index contributed by atoms with van der Waals surface area (Å²) in [6.07, 6.45) is 3.44. The molecule has 1 aromatic rings. The predicted octanol–water partition coefficient (Wildman–Crippen LogP) is 2.87. The molecule has 1 aromatic carbocycles. The Morgan fingerprint density at radius 3 is 2.52 bits per heavy atom. The number of benzene rings is 1. The Bertz CT molecular complexity index is 497. The summed E-state index contributed by atoms with van der Waals surface area (Å²) in [6, 6.07) is 10.6. The minimum Gasteiger partial charge on any atom is -0.378 e. The second-order valence-corrected chi connectivity index (χ2v) is 6.94. The van der Waals surface area contributed by atoms with E-state index in [9.17, 15) is 4.79 Å². The minimum absolute atomic E-state index is 0. The van der Waals surface area contributed by atoms with Crippen molar-refractivity contribution in [3.8, 4) is 0 Å². The first-order valence-corrected chi connectivity index (χ1v) is 9.49. The molecule has 2 N–H and O–H groups in total. The number of piperidine rings is 1. The number of halogens is 2. The number of likely N-dealkylation sites (tertiary alicyclic amines) is 1. The van der Waals surface area contributed by atoms with Crippen molar-refractivity contribution in [1.29, 1.82) is 0 Å². The van der Waals surface area contributed by atoms with Crippen LogP contribution in [-0.4, -0.2) is 56.7 Å². The summed E-state index contributed by atoms with van der Waals surface area (Å²) in [6.45, 7) is 7.29. The highest BCUT2D eigenvalue weighted by molar-refractivity contribution is 5.85. The van der Waals surface area contributed by atoms with Gasteiger partial charge in [0.05, 0.1) is 6.10 Å².